The molecule has 9 nitrogen and oxygen atoms in total. The molecular formula is C13H19N4O5+. The van der Waals surface area contributed by atoms with Gasteiger partial charge in [0.05, 0.1) is 26.4 Å². The van der Waals surface area contributed by atoms with Crippen LogP contribution in [0.1, 0.15) is 40.2 Å². The average Bonchev–Trinajstić information content (AvgIpc) is 2.80. The third-order valence-electron chi connectivity index (χ3n) is 3.56. The number of primary amides is 1. The van der Waals surface area contributed by atoms with Crippen LogP contribution in [-0.4, -0.2) is 53.3 Å². The highest BCUT2D eigenvalue weighted by Crippen LogP contribution is 2.25. The summed E-state index contributed by atoms with van der Waals surface area (Å²) in [5.41, 5.74) is 4.76. The second kappa shape index (κ2) is 6.65. The maximum atomic E-state index is 11.7. The molecule has 1 amide bonds. The minimum Gasteiger partial charge on any atom is -0.464 e. The van der Waals surface area contributed by atoms with Gasteiger partial charge >= 0.3 is 11.7 Å². The van der Waals surface area contributed by atoms with E-state index < -0.39 is 11.9 Å². The van der Waals surface area contributed by atoms with Gasteiger partial charge in [0.15, 0.2) is 7.05 Å². The number of hydrogen-bond acceptors (Lipinski definition) is 6. The number of esters is 1. The van der Waals surface area contributed by atoms with Gasteiger partial charge in [0.25, 0.3) is 5.91 Å². The summed E-state index contributed by atoms with van der Waals surface area (Å²) >= 11 is 0. The molecule has 22 heavy (non-hydrogen) atoms. The third-order valence-corrected chi connectivity index (χ3v) is 3.56. The number of ether oxygens (including phenoxy) is 2. The predicted octanol–water partition coefficient (Wildman–Crippen LogP) is 0.378. The van der Waals surface area contributed by atoms with Crippen LogP contribution in [0.25, 0.3) is 0 Å². The SMILES string of the molecule is COC(=O)c1nn(CCOC2CCC2)c(C(N)=O)c1[N+](C)=O. The first-order valence-corrected chi connectivity index (χ1v) is 6.97. The lowest BCUT2D eigenvalue weighted by molar-refractivity contribution is -0.428. The largest absolute Gasteiger partial charge is 0.464 e. The van der Waals surface area contributed by atoms with Crippen molar-refractivity contribution in [1.29, 1.82) is 0 Å². The Morgan fingerprint density at radius 1 is 1.45 bits per heavy atom. The molecule has 1 aliphatic carbocycles. The number of nitrogens with zero attached hydrogens (tertiary/aromatic N) is 3. The summed E-state index contributed by atoms with van der Waals surface area (Å²) < 4.78 is 11.8. The number of carbonyl (C=O) groups excluding carboxylic acids is 2. The van der Waals surface area contributed by atoms with Crippen molar-refractivity contribution in [3.8, 4) is 0 Å². The maximum absolute atomic E-state index is 11.7. The topological polar surface area (TPSA) is 117 Å². The van der Waals surface area contributed by atoms with Crippen molar-refractivity contribution in [2.75, 3.05) is 20.8 Å². The van der Waals surface area contributed by atoms with Gasteiger partial charge in [-0.15, -0.1) is 0 Å². The van der Waals surface area contributed by atoms with Crippen LogP contribution in [0.3, 0.4) is 0 Å². The molecule has 0 unspecified atom stereocenters. The first-order valence-electron chi connectivity index (χ1n) is 6.97. The lowest BCUT2D eigenvalue weighted by Gasteiger charge is -2.25. The van der Waals surface area contributed by atoms with Gasteiger partial charge in [0.1, 0.15) is 0 Å². The number of nitrogens with two attached hydrogens (primary N) is 1. The van der Waals surface area contributed by atoms with E-state index in [0.29, 0.717) is 11.4 Å². The molecule has 0 radical (unpaired) electrons. The molecule has 0 bridgehead atoms. The van der Waals surface area contributed by atoms with E-state index in [4.69, 9.17) is 10.5 Å². The lowest BCUT2D eigenvalue weighted by Crippen LogP contribution is -2.25. The van der Waals surface area contributed by atoms with E-state index in [1.165, 1.54) is 11.8 Å². The molecule has 1 aliphatic rings. The Labute approximate surface area is 126 Å². The summed E-state index contributed by atoms with van der Waals surface area (Å²) in [6.07, 6.45) is 3.42. The maximum Gasteiger partial charge on any atom is 0.365 e. The van der Waals surface area contributed by atoms with E-state index in [1.54, 1.807) is 0 Å². The highest BCUT2D eigenvalue weighted by Gasteiger charge is 2.35. The molecule has 1 aromatic heterocycles. The molecule has 0 aromatic carbocycles. The molecule has 9 heteroatoms. The Bertz CT molecular complexity index is 606. The number of nitroso groups, excluding NO2 is 1. The molecule has 0 aliphatic heterocycles. The minimum atomic E-state index is -0.844. The van der Waals surface area contributed by atoms with Gasteiger partial charge in [-0.1, -0.05) is 0 Å². The fourth-order valence-electron chi connectivity index (χ4n) is 2.23. The van der Waals surface area contributed by atoms with Gasteiger partial charge in [0.2, 0.25) is 11.4 Å². The van der Waals surface area contributed by atoms with Crippen molar-refractivity contribution in [2.45, 2.75) is 31.9 Å². The second-order valence-corrected chi connectivity index (χ2v) is 5.05. The Kier molecular flexibility index (Phi) is 4.86. The zero-order chi connectivity index (χ0) is 16.3. The first kappa shape index (κ1) is 16.1. The normalized spacial score (nSPS) is 14.5. The van der Waals surface area contributed by atoms with E-state index in [-0.39, 0.29) is 29.7 Å². The Morgan fingerprint density at radius 2 is 2.14 bits per heavy atom. The van der Waals surface area contributed by atoms with Crippen LogP contribution in [0.15, 0.2) is 0 Å². The second-order valence-electron chi connectivity index (χ2n) is 5.05. The molecule has 0 saturated heterocycles. The zero-order valence-corrected chi connectivity index (χ0v) is 12.6. The van der Waals surface area contributed by atoms with E-state index in [1.807, 2.05) is 0 Å². The fourth-order valence-corrected chi connectivity index (χ4v) is 2.23. The van der Waals surface area contributed by atoms with Gasteiger partial charge in [-0.05, 0) is 19.3 Å². The monoisotopic (exact) mass is 311 g/mol. The van der Waals surface area contributed by atoms with Crippen LogP contribution in [0.2, 0.25) is 0 Å². The van der Waals surface area contributed by atoms with Crippen LogP contribution < -0.4 is 5.73 Å². The number of carbonyl (C=O) groups is 2. The minimum absolute atomic E-state index is 0.130. The Hall–Kier alpha value is -2.29. The third kappa shape index (κ3) is 3.14. The molecule has 1 heterocycles. The summed E-state index contributed by atoms with van der Waals surface area (Å²) in [5.74, 6) is -1.65. The van der Waals surface area contributed by atoms with E-state index >= 15 is 0 Å². The van der Waals surface area contributed by atoms with E-state index in [2.05, 4.69) is 9.84 Å². The standard InChI is InChI=1S/C13H18N4O5/c1-16(20)10-9(13(19)21-2)15-17(11(10)12(14)18)6-7-22-8-4-3-5-8/h8H,3-7H2,1-2H3,(H-,14,18)/p+1. The van der Waals surface area contributed by atoms with Gasteiger partial charge in [-0.2, -0.15) is 5.10 Å². The number of aromatic nitrogens is 2. The van der Waals surface area contributed by atoms with E-state index in [0.717, 1.165) is 26.3 Å². The number of rotatable bonds is 7. The lowest BCUT2D eigenvalue weighted by atomic mass is 9.96. The summed E-state index contributed by atoms with van der Waals surface area (Å²) in [7, 11) is 2.32. The molecule has 1 fully saturated rings. The van der Waals surface area contributed by atoms with Crippen LogP contribution in [-0.2, 0) is 16.0 Å². The number of amides is 1. The van der Waals surface area contributed by atoms with Crippen molar-refractivity contribution in [3.05, 3.63) is 16.3 Å². The molecule has 1 aromatic rings. The molecule has 120 valence electrons. The highest BCUT2D eigenvalue weighted by atomic mass is 16.5. The van der Waals surface area contributed by atoms with E-state index in [9.17, 15) is 14.5 Å². The van der Waals surface area contributed by atoms with Crippen LogP contribution >= 0.6 is 0 Å². The predicted molar refractivity (Wildman–Crippen MR) is 74.9 cm³/mol. The Morgan fingerprint density at radius 3 is 2.59 bits per heavy atom. The first-order chi connectivity index (χ1) is 10.5. The van der Waals surface area contributed by atoms with Gasteiger partial charge < -0.3 is 15.2 Å². The molecule has 2 N–H and O–H groups in total. The molecular weight excluding hydrogens is 292 g/mol. The summed E-state index contributed by atoms with van der Waals surface area (Å²) in [6, 6.07) is 0. The van der Waals surface area contributed by atoms with Crippen LogP contribution in [0.4, 0.5) is 5.69 Å². The molecule has 2 rings (SSSR count). The zero-order valence-electron chi connectivity index (χ0n) is 12.6. The van der Waals surface area contributed by atoms with Crippen molar-refractivity contribution in [2.24, 2.45) is 5.73 Å². The average molecular weight is 311 g/mol. The van der Waals surface area contributed by atoms with Crippen molar-refractivity contribution < 1.29 is 23.8 Å². The van der Waals surface area contributed by atoms with Gasteiger partial charge in [-0.3, -0.25) is 9.48 Å². The quantitative estimate of drug-likeness (QED) is 0.574. The molecule has 0 spiro atoms. The van der Waals surface area contributed by atoms with Gasteiger partial charge in [-0.25, -0.2) is 4.79 Å². The highest BCUT2D eigenvalue weighted by molar-refractivity contribution is 6.01. The summed E-state index contributed by atoms with van der Waals surface area (Å²) in [4.78, 5) is 35.0. The number of methoxy groups -OCH3 is 1. The van der Waals surface area contributed by atoms with Crippen LogP contribution in [0.5, 0.6) is 0 Å². The molecule has 0 atom stereocenters. The molecule has 1 saturated carbocycles. The fraction of sp³-hybridized carbons (Fsp3) is 0.615. The van der Waals surface area contributed by atoms with Crippen LogP contribution in [0, 0.1) is 4.91 Å². The van der Waals surface area contributed by atoms with Gasteiger partial charge in [0, 0.05) is 9.67 Å². The smallest absolute Gasteiger partial charge is 0.365 e. The Balaban J connectivity index is 2.28. The summed E-state index contributed by atoms with van der Waals surface area (Å²) in [6.45, 7) is 0.530. The number of hydrogen-bond donors (Lipinski definition) is 1. The van der Waals surface area contributed by atoms with Crippen molar-refractivity contribution in [1.82, 2.24) is 9.78 Å². The van der Waals surface area contributed by atoms with Crippen molar-refractivity contribution >= 4 is 17.6 Å². The van der Waals surface area contributed by atoms with Crippen molar-refractivity contribution in [3.63, 3.8) is 0 Å². The summed E-state index contributed by atoms with van der Waals surface area (Å²) in [5, 5.41) is 3.98.